The van der Waals surface area contributed by atoms with Crippen LogP contribution in [0.4, 0.5) is 5.82 Å². The topological polar surface area (TPSA) is 62.5 Å². The van der Waals surface area contributed by atoms with E-state index < -0.39 is 0 Å². The normalized spacial score (nSPS) is 17.9. The number of carbonyl (C=O) groups is 1. The second kappa shape index (κ2) is 8.20. The van der Waals surface area contributed by atoms with Crippen molar-refractivity contribution >= 4 is 24.1 Å². The van der Waals surface area contributed by atoms with Crippen LogP contribution in [0.25, 0.3) is 0 Å². The second-order valence-corrected chi connectivity index (χ2v) is 5.41. The lowest BCUT2D eigenvalue weighted by Gasteiger charge is -2.37. The number of pyridine rings is 1. The summed E-state index contributed by atoms with van der Waals surface area (Å²) in [6.07, 6.45) is 2.73. The lowest BCUT2D eigenvalue weighted by molar-refractivity contribution is -0.134. The monoisotopic (exact) mass is 312 g/mol. The zero-order valence-electron chi connectivity index (χ0n) is 12.7. The first-order valence-corrected chi connectivity index (χ1v) is 7.33. The molecule has 1 amide bonds. The molecule has 2 unspecified atom stereocenters. The van der Waals surface area contributed by atoms with Crippen molar-refractivity contribution in [2.24, 2.45) is 11.7 Å². The summed E-state index contributed by atoms with van der Waals surface area (Å²) in [7, 11) is 0. The molecule has 2 N–H and O–H groups in total. The Kier molecular flexibility index (Phi) is 6.92. The average molecular weight is 313 g/mol. The third kappa shape index (κ3) is 4.32. The molecule has 1 saturated heterocycles. The molecule has 0 aliphatic carbocycles. The summed E-state index contributed by atoms with van der Waals surface area (Å²) >= 11 is 0. The number of aromatic nitrogens is 1. The Bertz CT molecular complexity index is 435. The maximum absolute atomic E-state index is 12.3. The predicted octanol–water partition coefficient (Wildman–Crippen LogP) is 1.53. The van der Waals surface area contributed by atoms with Crippen LogP contribution < -0.4 is 10.6 Å². The standard InChI is InChI=1S/C15H24N4O.ClH/c1-3-12(2)14(16)15(20)19-10-8-18(9-11-19)13-6-4-5-7-17-13;/h4-7,12,14H,3,8-11,16H2,1-2H3;1H. The number of hydrogen-bond acceptors (Lipinski definition) is 4. The summed E-state index contributed by atoms with van der Waals surface area (Å²) in [6, 6.07) is 5.52. The van der Waals surface area contributed by atoms with Crippen molar-refractivity contribution in [1.29, 1.82) is 0 Å². The third-order valence-electron chi connectivity index (χ3n) is 4.11. The number of rotatable bonds is 4. The molecule has 0 saturated carbocycles. The number of amides is 1. The van der Waals surface area contributed by atoms with E-state index in [-0.39, 0.29) is 30.3 Å². The summed E-state index contributed by atoms with van der Waals surface area (Å²) in [5, 5.41) is 0. The average Bonchev–Trinajstić information content (AvgIpc) is 2.53. The molecule has 1 aromatic rings. The fraction of sp³-hybridized carbons (Fsp3) is 0.600. The van der Waals surface area contributed by atoms with Crippen LogP contribution >= 0.6 is 12.4 Å². The Labute approximate surface area is 132 Å². The van der Waals surface area contributed by atoms with Gasteiger partial charge in [-0.25, -0.2) is 4.98 Å². The smallest absolute Gasteiger partial charge is 0.239 e. The molecule has 1 aromatic heterocycles. The number of anilines is 1. The molecule has 1 aliphatic rings. The van der Waals surface area contributed by atoms with Gasteiger partial charge in [-0.3, -0.25) is 4.79 Å². The van der Waals surface area contributed by atoms with Crippen LogP contribution in [0.5, 0.6) is 0 Å². The Morgan fingerprint density at radius 3 is 2.52 bits per heavy atom. The van der Waals surface area contributed by atoms with Gasteiger partial charge in [0.05, 0.1) is 6.04 Å². The van der Waals surface area contributed by atoms with E-state index in [1.54, 1.807) is 6.20 Å². The van der Waals surface area contributed by atoms with E-state index in [9.17, 15) is 4.79 Å². The van der Waals surface area contributed by atoms with E-state index in [1.807, 2.05) is 30.0 Å². The summed E-state index contributed by atoms with van der Waals surface area (Å²) in [5.41, 5.74) is 6.03. The maximum Gasteiger partial charge on any atom is 0.239 e. The van der Waals surface area contributed by atoms with Crippen LogP contribution in [0.2, 0.25) is 0 Å². The highest BCUT2D eigenvalue weighted by molar-refractivity contribution is 5.85. The number of carbonyl (C=O) groups excluding carboxylic acids is 1. The van der Waals surface area contributed by atoms with Gasteiger partial charge in [0.1, 0.15) is 5.82 Å². The number of halogens is 1. The molecule has 2 rings (SSSR count). The fourth-order valence-corrected chi connectivity index (χ4v) is 2.40. The van der Waals surface area contributed by atoms with Crippen LogP contribution in [0.15, 0.2) is 24.4 Å². The van der Waals surface area contributed by atoms with Crippen molar-refractivity contribution in [3.05, 3.63) is 24.4 Å². The summed E-state index contributed by atoms with van der Waals surface area (Å²) in [4.78, 5) is 20.7. The Morgan fingerprint density at radius 1 is 1.33 bits per heavy atom. The fourth-order valence-electron chi connectivity index (χ4n) is 2.40. The molecule has 1 aliphatic heterocycles. The van der Waals surface area contributed by atoms with Gasteiger partial charge in [0, 0.05) is 32.4 Å². The highest BCUT2D eigenvalue weighted by Crippen LogP contribution is 2.14. The molecular weight excluding hydrogens is 288 g/mol. The van der Waals surface area contributed by atoms with Crippen LogP contribution in [0.3, 0.4) is 0 Å². The summed E-state index contributed by atoms with van der Waals surface area (Å²) in [6.45, 7) is 7.18. The first-order valence-electron chi connectivity index (χ1n) is 7.33. The zero-order chi connectivity index (χ0) is 14.5. The molecule has 2 atom stereocenters. The Balaban J connectivity index is 0.00000220. The van der Waals surface area contributed by atoms with Crippen molar-refractivity contribution in [2.75, 3.05) is 31.1 Å². The second-order valence-electron chi connectivity index (χ2n) is 5.41. The third-order valence-corrected chi connectivity index (χ3v) is 4.11. The molecule has 1 fully saturated rings. The molecular formula is C15H25ClN4O. The van der Waals surface area contributed by atoms with Gasteiger partial charge in [0.25, 0.3) is 0 Å². The molecule has 2 heterocycles. The van der Waals surface area contributed by atoms with Gasteiger partial charge in [-0.05, 0) is 18.1 Å². The minimum Gasteiger partial charge on any atom is -0.353 e. The minimum atomic E-state index is -0.374. The minimum absolute atomic E-state index is 0. The highest BCUT2D eigenvalue weighted by Gasteiger charge is 2.27. The van der Waals surface area contributed by atoms with E-state index >= 15 is 0 Å². The van der Waals surface area contributed by atoms with Gasteiger partial charge in [0.15, 0.2) is 0 Å². The molecule has 21 heavy (non-hydrogen) atoms. The van der Waals surface area contributed by atoms with Gasteiger partial charge < -0.3 is 15.5 Å². The lowest BCUT2D eigenvalue weighted by atomic mass is 9.98. The van der Waals surface area contributed by atoms with Gasteiger partial charge in [-0.2, -0.15) is 0 Å². The molecule has 118 valence electrons. The first-order chi connectivity index (χ1) is 9.63. The number of nitrogens with two attached hydrogens (primary N) is 1. The van der Waals surface area contributed by atoms with Crippen LogP contribution in [-0.4, -0.2) is 48.0 Å². The van der Waals surface area contributed by atoms with E-state index in [2.05, 4.69) is 16.8 Å². The number of nitrogens with zero attached hydrogens (tertiary/aromatic N) is 3. The maximum atomic E-state index is 12.3. The molecule has 0 aromatic carbocycles. The van der Waals surface area contributed by atoms with Gasteiger partial charge in [0.2, 0.25) is 5.91 Å². The van der Waals surface area contributed by atoms with E-state index in [4.69, 9.17) is 5.73 Å². The molecule has 0 spiro atoms. The molecule has 5 nitrogen and oxygen atoms in total. The van der Waals surface area contributed by atoms with Gasteiger partial charge in [-0.15, -0.1) is 12.4 Å². The van der Waals surface area contributed by atoms with Gasteiger partial charge >= 0.3 is 0 Å². The predicted molar refractivity (Wildman–Crippen MR) is 87.7 cm³/mol. The quantitative estimate of drug-likeness (QED) is 0.916. The summed E-state index contributed by atoms with van der Waals surface area (Å²) < 4.78 is 0. The van der Waals surface area contributed by atoms with Crippen LogP contribution in [-0.2, 0) is 4.79 Å². The summed E-state index contributed by atoms with van der Waals surface area (Å²) in [5.74, 6) is 1.29. The van der Waals surface area contributed by atoms with Crippen molar-refractivity contribution in [3.63, 3.8) is 0 Å². The van der Waals surface area contributed by atoms with Crippen molar-refractivity contribution < 1.29 is 4.79 Å². The van der Waals surface area contributed by atoms with Crippen molar-refractivity contribution in [1.82, 2.24) is 9.88 Å². The van der Waals surface area contributed by atoms with E-state index in [0.29, 0.717) is 0 Å². The SMILES string of the molecule is CCC(C)C(N)C(=O)N1CCN(c2ccccn2)CC1.Cl. The van der Waals surface area contributed by atoms with Crippen LogP contribution in [0.1, 0.15) is 20.3 Å². The number of piperazine rings is 1. The largest absolute Gasteiger partial charge is 0.353 e. The molecule has 0 bridgehead atoms. The van der Waals surface area contributed by atoms with E-state index in [0.717, 1.165) is 38.4 Å². The zero-order valence-corrected chi connectivity index (χ0v) is 13.6. The molecule has 0 radical (unpaired) electrons. The van der Waals surface area contributed by atoms with Crippen LogP contribution in [0, 0.1) is 5.92 Å². The Morgan fingerprint density at radius 2 is 2.00 bits per heavy atom. The Hall–Kier alpha value is -1.33. The van der Waals surface area contributed by atoms with Crippen molar-refractivity contribution in [3.8, 4) is 0 Å². The van der Waals surface area contributed by atoms with E-state index in [1.165, 1.54) is 0 Å². The molecule has 6 heteroatoms. The lowest BCUT2D eigenvalue weighted by Crippen LogP contribution is -2.54. The van der Waals surface area contributed by atoms with Crippen molar-refractivity contribution in [2.45, 2.75) is 26.3 Å². The van der Waals surface area contributed by atoms with Gasteiger partial charge in [-0.1, -0.05) is 26.3 Å². The first kappa shape index (κ1) is 17.7. The number of hydrogen-bond donors (Lipinski definition) is 1. The highest BCUT2D eigenvalue weighted by atomic mass is 35.5.